The second-order valence-corrected chi connectivity index (χ2v) is 7.48. The Kier molecular flexibility index (Phi) is 6.04. The van der Waals surface area contributed by atoms with E-state index in [1.807, 2.05) is 32.9 Å². The normalized spacial score (nSPS) is 11.5. The number of benzene rings is 1. The number of hydrogen-bond donors (Lipinski definition) is 0. The lowest BCUT2D eigenvalue weighted by molar-refractivity contribution is -0.123. The van der Waals surface area contributed by atoms with Crippen molar-refractivity contribution in [1.29, 1.82) is 0 Å². The van der Waals surface area contributed by atoms with E-state index in [1.165, 1.54) is 17.4 Å². The minimum absolute atomic E-state index is 0.163. The Labute approximate surface area is 147 Å². The van der Waals surface area contributed by atoms with Gasteiger partial charge in [-0.1, -0.05) is 32.5 Å². The average Bonchev–Trinajstić information content (AvgIpc) is 3.02. The highest BCUT2D eigenvalue weighted by Gasteiger charge is 2.22. The van der Waals surface area contributed by atoms with Crippen LogP contribution in [-0.4, -0.2) is 34.8 Å². The van der Waals surface area contributed by atoms with Crippen molar-refractivity contribution in [3.8, 4) is 11.5 Å². The molecule has 0 radical (unpaired) electrons. The maximum absolute atomic E-state index is 12.0. The molecule has 24 heavy (non-hydrogen) atoms. The van der Waals surface area contributed by atoms with Gasteiger partial charge < -0.3 is 9.32 Å². The van der Waals surface area contributed by atoms with Crippen LogP contribution in [0.15, 0.2) is 33.9 Å². The molecular formula is C18H25N3O2S. The maximum atomic E-state index is 12.0. The quantitative estimate of drug-likeness (QED) is 0.696. The van der Waals surface area contributed by atoms with Crippen molar-refractivity contribution in [2.45, 2.75) is 39.8 Å². The van der Waals surface area contributed by atoms with E-state index in [1.54, 1.807) is 0 Å². The summed E-state index contributed by atoms with van der Waals surface area (Å²) in [7, 11) is 0. The lowest BCUT2D eigenvalue weighted by atomic mass is 9.92. The van der Waals surface area contributed by atoms with E-state index >= 15 is 0 Å². The summed E-state index contributed by atoms with van der Waals surface area (Å²) >= 11 is 1.29. The van der Waals surface area contributed by atoms with Crippen LogP contribution in [0, 0.1) is 5.41 Å². The van der Waals surface area contributed by atoms with Crippen LogP contribution >= 0.6 is 11.8 Å². The average molecular weight is 347 g/mol. The molecule has 0 unspecified atom stereocenters. The van der Waals surface area contributed by atoms with Gasteiger partial charge in [0, 0.05) is 29.8 Å². The Morgan fingerprint density at radius 2 is 1.75 bits per heavy atom. The van der Waals surface area contributed by atoms with Crippen LogP contribution in [0.1, 0.15) is 34.6 Å². The fraction of sp³-hybridized carbons (Fsp3) is 0.500. The Bertz CT molecular complexity index is 670. The van der Waals surface area contributed by atoms with E-state index in [9.17, 15) is 4.79 Å². The number of carbonyl (C=O) groups is 1. The molecule has 1 aromatic carbocycles. The van der Waals surface area contributed by atoms with Gasteiger partial charge in [0.1, 0.15) is 5.78 Å². The number of hydrogen-bond acceptors (Lipinski definition) is 6. The number of rotatable bonds is 7. The summed E-state index contributed by atoms with van der Waals surface area (Å²) in [4.78, 5) is 14.2. The summed E-state index contributed by atoms with van der Waals surface area (Å²) in [6, 6.07) is 8.08. The Hall–Kier alpha value is -1.82. The van der Waals surface area contributed by atoms with Crippen LogP contribution in [0.2, 0.25) is 0 Å². The second-order valence-electron chi connectivity index (χ2n) is 6.55. The molecular weight excluding hydrogens is 322 g/mol. The first kappa shape index (κ1) is 18.5. The van der Waals surface area contributed by atoms with Crippen LogP contribution < -0.4 is 4.90 Å². The van der Waals surface area contributed by atoms with Crippen molar-refractivity contribution in [2.24, 2.45) is 5.41 Å². The molecule has 5 nitrogen and oxygen atoms in total. The largest absolute Gasteiger partial charge is 0.411 e. The van der Waals surface area contributed by atoms with Crippen LogP contribution in [0.4, 0.5) is 5.69 Å². The number of anilines is 1. The predicted molar refractivity (Wildman–Crippen MR) is 98.5 cm³/mol. The van der Waals surface area contributed by atoms with E-state index in [-0.39, 0.29) is 11.2 Å². The van der Waals surface area contributed by atoms with Crippen molar-refractivity contribution in [1.82, 2.24) is 10.2 Å². The third-order valence-electron chi connectivity index (χ3n) is 3.81. The van der Waals surface area contributed by atoms with E-state index in [0.29, 0.717) is 16.9 Å². The first-order chi connectivity index (χ1) is 11.3. The monoisotopic (exact) mass is 347 g/mol. The topological polar surface area (TPSA) is 59.2 Å². The standard InChI is InChI=1S/C18H25N3O2S/c1-6-21(7-2)14-10-8-13(9-11-14)16-19-20-17(23-16)24-12-15(22)18(3,4)5/h8-11H,6-7,12H2,1-5H3. The van der Waals surface area contributed by atoms with Crippen molar-refractivity contribution in [3.05, 3.63) is 24.3 Å². The third-order valence-corrected chi connectivity index (χ3v) is 4.63. The molecule has 1 aromatic heterocycles. The molecule has 0 saturated carbocycles. The molecule has 0 fully saturated rings. The summed E-state index contributed by atoms with van der Waals surface area (Å²) in [5.41, 5.74) is 1.71. The number of Topliss-reactive ketones (excluding diaryl/α,β-unsaturated/α-hetero) is 1. The van der Waals surface area contributed by atoms with E-state index in [0.717, 1.165) is 18.7 Å². The van der Waals surface area contributed by atoms with Gasteiger partial charge >= 0.3 is 0 Å². The second kappa shape index (κ2) is 7.83. The zero-order chi connectivity index (χ0) is 17.7. The van der Waals surface area contributed by atoms with Gasteiger partial charge in [-0.25, -0.2) is 0 Å². The summed E-state index contributed by atoms with van der Waals surface area (Å²) in [5.74, 6) is 0.981. The summed E-state index contributed by atoms with van der Waals surface area (Å²) in [5, 5.41) is 8.53. The highest BCUT2D eigenvalue weighted by atomic mass is 32.2. The maximum Gasteiger partial charge on any atom is 0.277 e. The fourth-order valence-corrected chi connectivity index (χ4v) is 3.06. The lowest BCUT2D eigenvalue weighted by Gasteiger charge is -2.20. The molecule has 0 amide bonds. The molecule has 0 atom stereocenters. The molecule has 0 spiro atoms. The van der Waals surface area contributed by atoms with Crippen molar-refractivity contribution < 1.29 is 9.21 Å². The predicted octanol–water partition coefficient (Wildman–Crippen LogP) is 4.29. The number of ketones is 1. The number of nitrogens with zero attached hydrogens (tertiary/aromatic N) is 3. The molecule has 6 heteroatoms. The number of aromatic nitrogens is 2. The first-order valence-electron chi connectivity index (χ1n) is 8.20. The van der Waals surface area contributed by atoms with Gasteiger partial charge in [-0.3, -0.25) is 4.79 Å². The minimum Gasteiger partial charge on any atom is -0.411 e. The van der Waals surface area contributed by atoms with Crippen LogP contribution in [0.3, 0.4) is 0 Å². The van der Waals surface area contributed by atoms with E-state index < -0.39 is 0 Å². The van der Waals surface area contributed by atoms with Gasteiger partial charge in [-0.2, -0.15) is 0 Å². The molecule has 0 N–H and O–H groups in total. The molecule has 130 valence electrons. The van der Waals surface area contributed by atoms with E-state index in [2.05, 4.69) is 41.1 Å². The lowest BCUT2D eigenvalue weighted by Crippen LogP contribution is -2.21. The molecule has 0 saturated heterocycles. The summed E-state index contributed by atoms with van der Waals surface area (Å²) < 4.78 is 5.66. The summed E-state index contributed by atoms with van der Waals surface area (Å²) in [6.07, 6.45) is 0. The van der Waals surface area contributed by atoms with Crippen molar-refractivity contribution >= 4 is 23.2 Å². The van der Waals surface area contributed by atoms with Crippen molar-refractivity contribution in [3.63, 3.8) is 0 Å². The van der Waals surface area contributed by atoms with Crippen LogP contribution in [-0.2, 0) is 4.79 Å². The van der Waals surface area contributed by atoms with Crippen LogP contribution in [0.25, 0.3) is 11.5 Å². The molecule has 0 aliphatic carbocycles. The van der Waals surface area contributed by atoms with Gasteiger partial charge in [0.2, 0.25) is 5.89 Å². The Balaban J connectivity index is 2.04. The Morgan fingerprint density at radius 1 is 1.12 bits per heavy atom. The number of carbonyl (C=O) groups excluding carboxylic acids is 1. The smallest absolute Gasteiger partial charge is 0.277 e. The fourth-order valence-electron chi connectivity index (χ4n) is 2.13. The zero-order valence-electron chi connectivity index (χ0n) is 15.0. The van der Waals surface area contributed by atoms with Gasteiger partial charge in [0.25, 0.3) is 5.22 Å². The highest BCUT2D eigenvalue weighted by Crippen LogP contribution is 2.27. The number of thioether (sulfide) groups is 1. The van der Waals surface area contributed by atoms with E-state index in [4.69, 9.17) is 4.42 Å². The first-order valence-corrected chi connectivity index (χ1v) is 9.18. The highest BCUT2D eigenvalue weighted by molar-refractivity contribution is 7.99. The summed E-state index contributed by atoms with van der Waals surface area (Å²) in [6.45, 7) is 11.9. The molecule has 0 aliphatic heterocycles. The molecule has 2 rings (SSSR count). The van der Waals surface area contributed by atoms with Gasteiger partial charge in [0.05, 0.1) is 5.75 Å². The molecule has 1 heterocycles. The van der Waals surface area contributed by atoms with Gasteiger partial charge in [-0.05, 0) is 38.1 Å². The third kappa shape index (κ3) is 4.60. The molecule has 0 aliphatic rings. The van der Waals surface area contributed by atoms with Crippen LogP contribution in [0.5, 0.6) is 0 Å². The minimum atomic E-state index is -0.351. The van der Waals surface area contributed by atoms with Gasteiger partial charge in [-0.15, -0.1) is 10.2 Å². The SMILES string of the molecule is CCN(CC)c1ccc(-c2nnc(SCC(=O)C(C)(C)C)o2)cc1. The zero-order valence-corrected chi connectivity index (χ0v) is 15.8. The Morgan fingerprint density at radius 3 is 2.29 bits per heavy atom. The van der Waals surface area contributed by atoms with Crippen molar-refractivity contribution in [2.75, 3.05) is 23.7 Å². The molecule has 0 bridgehead atoms. The molecule has 2 aromatic rings. The van der Waals surface area contributed by atoms with Gasteiger partial charge in [0.15, 0.2) is 0 Å².